The molecule has 0 saturated heterocycles. The van der Waals surface area contributed by atoms with Crippen LogP contribution in [0.25, 0.3) is 0 Å². The summed E-state index contributed by atoms with van der Waals surface area (Å²) in [5.41, 5.74) is 9.16. The van der Waals surface area contributed by atoms with Crippen molar-refractivity contribution in [3.05, 3.63) is 65.2 Å². The van der Waals surface area contributed by atoms with Gasteiger partial charge in [-0.3, -0.25) is 5.01 Å². The van der Waals surface area contributed by atoms with Crippen LogP contribution in [0.1, 0.15) is 24.4 Å². The molecule has 2 aromatic carbocycles. The molecular weight excluding hydrogens is 282 g/mol. The summed E-state index contributed by atoms with van der Waals surface area (Å²) in [6.45, 7) is 0.634. The van der Waals surface area contributed by atoms with E-state index in [1.165, 1.54) is 5.56 Å². The van der Waals surface area contributed by atoms with E-state index in [4.69, 9.17) is 22.4 Å². The largest absolute Gasteiger partial charge is 0.330 e. The molecule has 1 atom stereocenters. The average molecular weight is 300 g/mol. The monoisotopic (exact) mass is 299 g/mol. The van der Waals surface area contributed by atoms with Crippen LogP contribution in [0.4, 0.5) is 5.69 Å². The van der Waals surface area contributed by atoms with Gasteiger partial charge >= 0.3 is 0 Å². The first-order valence-electron chi connectivity index (χ1n) is 7.14. The topological polar surface area (TPSA) is 41.6 Å². The molecule has 3 rings (SSSR count). The van der Waals surface area contributed by atoms with E-state index in [0.29, 0.717) is 6.54 Å². The average Bonchev–Trinajstić information content (AvgIpc) is 2.93. The molecule has 2 N–H and O–H groups in total. The lowest BCUT2D eigenvalue weighted by molar-refractivity contribution is 0.708. The fraction of sp³-hybridized carbons (Fsp3) is 0.235. The number of hydrazone groups is 1. The van der Waals surface area contributed by atoms with Crippen molar-refractivity contribution in [2.45, 2.75) is 18.9 Å². The van der Waals surface area contributed by atoms with Crippen LogP contribution in [-0.4, -0.2) is 12.3 Å². The predicted octanol–water partition coefficient (Wildman–Crippen LogP) is 4.00. The SMILES string of the molecule is NCCC1=NN(c2ccccc2)C(c2ccc(Cl)cc2)C1. The van der Waals surface area contributed by atoms with Crippen LogP contribution in [0.2, 0.25) is 5.02 Å². The Morgan fingerprint density at radius 2 is 1.81 bits per heavy atom. The zero-order valence-corrected chi connectivity index (χ0v) is 12.5. The molecule has 1 aliphatic rings. The summed E-state index contributed by atoms with van der Waals surface area (Å²) in [7, 11) is 0. The highest BCUT2D eigenvalue weighted by atomic mass is 35.5. The number of nitrogens with zero attached hydrogens (tertiary/aromatic N) is 2. The van der Waals surface area contributed by atoms with Gasteiger partial charge in [0.15, 0.2) is 0 Å². The van der Waals surface area contributed by atoms with Crippen molar-refractivity contribution in [1.29, 1.82) is 0 Å². The van der Waals surface area contributed by atoms with Crippen molar-refractivity contribution in [2.75, 3.05) is 11.6 Å². The lowest BCUT2D eigenvalue weighted by atomic mass is 10.0. The number of halogens is 1. The zero-order chi connectivity index (χ0) is 14.7. The second-order valence-electron chi connectivity index (χ2n) is 5.16. The van der Waals surface area contributed by atoms with Crippen LogP contribution < -0.4 is 10.7 Å². The molecule has 1 aliphatic heterocycles. The zero-order valence-electron chi connectivity index (χ0n) is 11.7. The summed E-state index contributed by atoms with van der Waals surface area (Å²) in [5, 5.41) is 7.61. The lowest BCUT2D eigenvalue weighted by Crippen LogP contribution is -2.18. The number of hydrogen-bond donors (Lipinski definition) is 1. The Balaban J connectivity index is 1.93. The fourth-order valence-corrected chi connectivity index (χ4v) is 2.78. The Kier molecular flexibility index (Phi) is 4.23. The van der Waals surface area contributed by atoms with Crippen molar-refractivity contribution in [1.82, 2.24) is 0 Å². The summed E-state index contributed by atoms with van der Waals surface area (Å²) >= 11 is 5.99. The van der Waals surface area contributed by atoms with E-state index < -0.39 is 0 Å². The third-order valence-corrected chi connectivity index (χ3v) is 3.93. The van der Waals surface area contributed by atoms with Crippen molar-refractivity contribution < 1.29 is 0 Å². The second-order valence-corrected chi connectivity index (χ2v) is 5.59. The maximum atomic E-state index is 5.99. The standard InChI is InChI=1S/C17H18ClN3/c18-14-8-6-13(7-9-14)17-12-15(10-11-19)20-21(17)16-4-2-1-3-5-16/h1-9,17H,10-12,19H2. The fourth-order valence-electron chi connectivity index (χ4n) is 2.65. The minimum absolute atomic E-state index is 0.214. The molecule has 1 heterocycles. The normalized spacial score (nSPS) is 17.9. The number of anilines is 1. The van der Waals surface area contributed by atoms with Gasteiger partial charge in [0.05, 0.1) is 11.7 Å². The first-order chi connectivity index (χ1) is 10.3. The van der Waals surface area contributed by atoms with E-state index in [9.17, 15) is 0 Å². The van der Waals surface area contributed by atoms with E-state index in [1.54, 1.807) is 0 Å². The summed E-state index contributed by atoms with van der Waals surface area (Å²) in [4.78, 5) is 0. The van der Waals surface area contributed by atoms with Crippen molar-refractivity contribution >= 4 is 23.0 Å². The van der Waals surface area contributed by atoms with E-state index in [2.05, 4.69) is 29.3 Å². The van der Waals surface area contributed by atoms with Gasteiger partial charge in [0.1, 0.15) is 0 Å². The van der Waals surface area contributed by atoms with Gasteiger partial charge in [0.2, 0.25) is 0 Å². The van der Waals surface area contributed by atoms with Crippen LogP contribution in [0.5, 0.6) is 0 Å². The molecule has 0 fully saturated rings. The molecule has 0 bridgehead atoms. The first-order valence-corrected chi connectivity index (χ1v) is 7.52. The van der Waals surface area contributed by atoms with Crippen molar-refractivity contribution in [2.24, 2.45) is 10.8 Å². The molecule has 2 aromatic rings. The molecule has 4 heteroatoms. The molecule has 0 saturated carbocycles. The van der Waals surface area contributed by atoms with Gasteiger partial charge in [-0.05, 0) is 42.8 Å². The number of nitrogens with two attached hydrogens (primary N) is 1. The molecule has 0 spiro atoms. The van der Waals surface area contributed by atoms with E-state index >= 15 is 0 Å². The van der Waals surface area contributed by atoms with Gasteiger partial charge in [-0.1, -0.05) is 41.9 Å². The molecule has 108 valence electrons. The maximum absolute atomic E-state index is 5.99. The van der Waals surface area contributed by atoms with E-state index in [0.717, 1.165) is 29.3 Å². The van der Waals surface area contributed by atoms with E-state index in [-0.39, 0.29) is 6.04 Å². The Hall–Kier alpha value is -1.84. The highest BCUT2D eigenvalue weighted by Gasteiger charge is 2.28. The van der Waals surface area contributed by atoms with Crippen LogP contribution in [0, 0.1) is 0 Å². The smallest absolute Gasteiger partial charge is 0.0828 e. The molecule has 3 nitrogen and oxygen atoms in total. The van der Waals surface area contributed by atoms with Crippen LogP contribution in [0.15, 0.2) is 59.7 Å². The molecular formula is C17H18ClN3. The van der Waals surface area contributed by atoms with Gasteiger partial charge < -0.3 is 5.73 Å². The summed E-state index contributed by atoms with van der Waals surface area (Å²) in [6, 6.07) is 18.5. The Bertz CT molecular complexity index is 622. The Morgan fingerprint density at radius 3 is 2.48 bits per heavy atom. The van der Waals surface area contributed by atoms with Gasteiger partial charge in [-0.2, -0.15) is 5.10 Å². The summed E-state index contributed by atoms with van der Waals surface area (Å²) in [6.07, 6.45) is 1.75. The molecule has 0 aliphatic carbocycles. The highest BCUT2D eigenvalue weighted by molar-refractivity contribution is 6.30. The van der Waals surface area contributed by atoms with Gasteiger partial charge in [-0.25, -0.2) is 0 Å². The van der Waals surface area contributed by atoms with Crippen LogP contribution >= 0.6 is 11.6 Å². The number of hydrogen-bond acceptors (Lipinski definition) is 3. The van der Waals surface area contributed by atoms with Crippen LogP contribution in [-0.2, 0) is 0 Å². The quantitative estimate of drug-likeness (QED) is 0.927. The summed E-state index contributed by atoms with van der Waals surface area (Å²) in [5.74, 6) is 0. The van der Waals surface area contributed by atoms with E-state index in [1.807, 2.05) is 30.3 Å². The van der Waals surface area contributed by atoms with Gasteiger partial charge in [0, 0.05) is 17.2 Å². The molecule has 21 heavy (non-hydrogen) atoms. The molecule has 0 amide bonds. The Labute approximate surface area is 130 Å². The third-order valence-electron chi connectivity index (χ3n) is 3.68. The van der Waals surface area contributed by atoms with Crippen molar-refractivity contribution in [3.63, 3.8) is 0 Å². The van der Waals surface area contributed by atoms with Gasteiger partial charge in [0.25, 0.3) is 0 Å². The first kappa shape index (κ1) is 14.1. The third kappa shape index (κ3) is 3.09. The molecule has 1 unspecified atom stereocenters. The van der Waals surface area contributed by atoms with Crippen molar-refractivity contribution in [3.8, 4) is 0 Å². The molecule has 0 radical (unpaired) electrons. The second kappa shape index (κ2) is 6.29. The minimum atomic E-state index is 0.214. The maximum Gasteiger partial charge on any atom is 0.0828 e. The van der Waals surface area contributed by atoms with Crippen LogP contribution in [0.3, 0.4) is 0 Å². The highest BCUT2D eigenvalue weighted by Crippen LogP contribution is 2.35. The van der Waals surface area contributed by atoms with Gasteiger partial charge in [-0.15, -0.1) is 0 Å². The number of rotatable bonds is 4. The number of para-hydroxylation sites is 1. The minimum Gasteiger partial charge on any atom is -0.330 e. The summed E-state index contributed by atoms with van der Waals surface area (Å²) < 4.78 is 0. The number of benzene rings is 2. The Morgan fingerprint density at radius 1 is 1.10 bits per heavy atom. The molecule has 0 aromatic heterocycles. The lowest BCUT2D eigenvalue weighted by Gasteiger charge is -2.24. The predicted molar refractivity (Wildman–Crippen MR) is 88.8 cm³/mol.